The Morgan fingerprint density at radius 1 is 0.977 bits per heavy atom. The zero-order valence-electron chi connectivity index (χ0n) is 24.8. The van der Waals surface area contributed by atoms with Gasteiger partial charge >= 0.3 is 5.97 Å². The molecule has 222 valence electrons. The standard InChI is InChI=1S/C34H34N2O6S/c1-6-40-33(38)30-22(4)35-34-36(31(30)25-11-17-28(18-12-25)42-21(2)3)32(37)29(43-34)19-23-7-15-27(16-8-23)41-20-24-9-13-26(39-5)14-10-24/h7-19,21,31H,6,20H2,1-5H3/b29-19-/t31-/m1/s1. The molecule has 0 unspecified atom stereocenters. The van der Waals surface area contributed by atoms with Crippen LogP contribution in [0.1, 0.15) is 50.4 Å². The molecule has 0 saturated carbocycles. The monoisotopic (exact) mass is 598 g/mol. The Hall–Kier alpha value is -4.63. The molecule has 0 radical (unpaired) electrons. The molecule has 2 heterocycles. The van der Waals surface area contributed by atoms with E-state index in [2.05, 4.69) is 4.99 Å². The second-order valence-electron chi connectivity index (χ2n) is 10.2. The molecule has 0 spiro atoms. The zero-order valence-corrected chi connectivity index (χ0v) is 25.6. The van der Waals surface area contributed by atoms with Gasteiger partial charge in [-0.15, -0.1) is 0 Å². The van der Waals surface area contributed by atoms with Crippen LogP contribution < -0.4 is 29.1 Å². The minimum absolute atomic E-state index is 0.0230. The maximum Gasteiger partial charge on any atom is 0.338 e. The van der Waals surface area contributed by atoms with Crippen molar-refractivity contribution in [1.82, 2.24) is 4.57 Å². The van der Waals surface area contributed by atoms with Crippen molar-refractivity contribution in [1.29, 1.82) is 0 Å². The summed E-state index contributed by atoms with van der Waals surface area (Å²) in [6.45, 7) is 8.09. The number of aromatic nitrogens is 1. The largest absolute Gasteiger partial charge is 0.497 e. The molecule has 0 amide bonds. The third-order valence-corrected chi connectivity index (χ3v) is 7.81. The molecule has 1 aliphatic rings. The molecule has 43 heavy (non-hydrogen) atoms. The number of allylic oxidation sites excluding steroid dienone is 1. The van der Waals surface area contributed by atoms with E-state index in [1.807, 2.05) is 92.7 Å². The van der Waals surface area contributed by atoms with Crippen LogP contribution in [0.25, 0.3) is 6.08 Å². The van der Waals surface area contributed by atoms with Crippen molar-refractivity contribution in [3.8, 4) is 17.2 Å². The van der Waals surface area contributed by atoms with Gasteiger partial charge in [0, 0.05) is 0 Å². The number of nitrogens with zero attached hydrogens (tertiary/aromatic N) is 2. The van der Waals surface area contributed by atoms with E-state index in [-0.39, 0.29) is 18.3 Å². The summed E-state index contributed by atoms with van der Waals surface area (Å²) in [5.74, 6) is 1.73. The highest BCUT2D eigenvalue weighted by atomic mass is 32.1. The average molecular weight is 599 g/mol. The highest BCUT2D eigenvalue weighted by Crippen LogP contribution is 2.32. The number of rotatable bonds is 10. The number of thiazole rings is 1. The quantitative estimate of drug-likeness (QED) is 0.234. The molecule has 5 rings (SSSR count). The van der Waals surface area contributed by atoms with E-state index in [0.717, 1.165) is 22.4 Å². The van der Waals surface area contributed by atoms with E-state index in [9.17, 15) is 9.59 Å². The smallest absolute Gasteiger partial charge is 0.338 e. The number of ether oxygens (including phenoxy) is 4. The Kier molecular flexibility index (Phi) is 9.11. The lowest BCUT2D eigenvalue weighted by atomic mass is 9.96. The molecule has 1 aliphatic heterocycles. The first-order valence-electron chi connectivity index (χ1n) is 14.1. The van der Waals surface area contributed by atoms with Gasteiger partial charge in [0.2, 0.25) is 0 Å². The second kappa shape index (κ2) is 13.1. The van der Waals surface area contributed by atoms with Gasteiger partial charge in [-0.3, -0.25) is 9.36 Å². The molecule has 1 atom stereocenters. The zero-order chi connectivity index (χ0) is 30.5. The Bertz CT molecular complexity index is 1800. The van der Waals surface area contributed by atoms with Gasteiger partial charge in [0.15, 0.2) is 4.80 Å². The summed E-state index contributed by atoms with van der Waals surface area (Å²) in [6, 6.07) is 22.0. The molecule has 3 aromatic carbocycles. The molecule has 0 saturated heterocycles. The number of methoxy groups -OCH3 is 1. The number of benzene rings is 3. The van der Waals surface area contributed by atoms with Crippen LogP contribution in [-0.2, 0) is 16.1 Å². The van der Waals surface area contributed by atoms with Gasteiger partial charge in [0.25, 0.3) is 5.56 Å². The molecule has 9 heteroatoms. The van der Waals surface area contributed by atoms with Crippen LogP contribution in [0.15, 0.2) is 93.9 Å². The summed E-state index contributed by atoms with van der Waals surface area (Å²) >= 11 is 1.29. The third kappa shape index (κ3) is 6.73. The molecule has 1 aromatic heterocycles. The van der Waals surface area contributed by atoms with Crippen LogP contribution in [0.2, 0.25) is 0 Å². The van der Waals surface area contributed by atoms with E-state index in [0.29, 0.717) is 38.7 Å². The highest BCUT2D eigenvalue weighted by molar-refractivity contribution is 7.07. The fourth-order valence-corrected chi connectivity index (χ4v) is 5.85. The lowest BCUT2D eigenvalue weighted by Gasteiger charge is -2.25. The average Bonchev–Trinajstić information content (AvgIpc) is 3.30. The van der Waals surface area contributed by atoms with Gasteiger partial charge in [-0.1, -0.05) is 47.7 Å². The van der Waals surface area contributed by atoms with E-state index >= 15 is 0 Å². The summed E-state index contributed by atoms with van der Waals surface area (Å²) in [7, 11) is 1.64. The number of hydrogen-bond acceptors (Lipinski definition) is 8. The normalized spacial score (nSPS) is 14.7. The minimum Gasteiger partial charge on any atom is -0.497 e. The van der Waals surface area contributed by atoms with Crippen molar-refractivity contribution in [2.24, 2.45) is 4.99 Å². The van der Waals surface area contributed by atoms with E-state index in [4.69, 9.17) is 18.9 Å². The SMILES string of the molecule is CCOC(=O)C1=C(C)N=c2s/c(=C\c3ccc(OCc4ccc(OC)cc4)cc3)c(=O)n2[C@@H]1c1ccc(OC(C)C)cc1. The predicted molar refractivity (Wildman–Crippen MR) is 166 cm³/mol. The van der Waals surface area contributed by atoms with Crippen molar-refractivity contribution in [3.05, 3.63) is 120 Å². The van der Waals surface area contributed by atoms with Crippen LogP contribution in [0, 0.1) is 0 Å². The molecule has 0 bridgehead atoms. The first kappa shape index (κ1) is 29.8. The van der Waals surface area contributed by atoms with Crippen LogP contribution in [0.3, 0.4) is 0 Å². The Morgan fingerprint density at radius 3 is 2.26 bits per heavy atom. The van der Waals surface area contributed by atoms with Gasteiger partial charge in [0.05, 0.1) is 41.7 Å². The third-order valence-electron chi connectivity index (χ3n) is 6.83. The van der Waals surface area contributed by atoms with Gasteiger partial charge in [0.1, 0.15) is 23.9 Å². The molecule has 0 fully saturated rings. The maximum absolute atomic E-state index is 13.9. The molecular formula is C34H34N2O6S. The minimum atomic E-state index is -0.681. The van der Waals surface area contributed by atoms with Gasteiger partial charge in [-0.25, -0.2) is 9.79 Å². The molecule has 0 aliphatic carbocycles. The highest BCUT2D eigenvalue weighted by Gasteiger charge is 2.33. The van der Waals surface area contributed by atoms with Crippen molar-refractivity contribution >= 4 is 23.4 Å². The van der Waals surface area contributed by atoms with Gasteiger partial charge in [-0.2, -0.15) is 0 Å². The molecular weight excluding hydrogens is 564 g/mol. The lowest BCUT2D eigenvalue weighted by Crippen LogP contribution is -2.39. The number of hydrogen-bond donors (Lipinski definition) is 0. The van der Waals surface area contributed by atoms with Crippen LogP contribution in [0.4, 0.5) is 0 Å². The number of esters is 1. The molecule has 0 N–H and O–H groups in total. The van der Waals surface area contributed by atoms with Crippen molar-refractivity contribution < 1.29 is 23.7 Å². The van der Waals surface area contributed by atoms with Crippen LogP contribution in [-0.4, -0.2) is 30.4 Å². The van der Waals surface area contributed by atoms with Crippen molar-refractivity contribution in [2.45, 2.75) is 46.4 Å². The number of carbonyl (C=O) groups is 1. The van der Waals surface area contributed by atoms with E-state index < -0.39 is 12.0 Å². The summed E-state index contributed by atoms with van der Waals surface area (Å²) in [6.07, 6.45) is 1.85. The number of fused-ring (bicyclic) bond motifs is 1. The van der Waals surface area contributed by atoms with Crippen molar-refractivity contribution in [2.75, 3.05) is 13.7 Å². The summed E-state index contributed by atoms with van der Waals surface area (Å²) < 4.78 is 24.4. The molecule has 8 nitrogen and oxygen atoms in total. The maximum atomic E-state index is 13.9. The predicted octanol–water partition coefficient (Wildman–Crippen LogP) is 5.17. The number of carbonyl (C=O) groups excluding carboxylic acids is 1. The topological polar surface area (TPSA) is 88.4 Å². The summed E-state index contributed by atoms with van der Waals surface area (Å²) in [5.41, 5.74) is 3.27. The molecule has 4 aromatic rings. The van der Waals surface area contributed by atoms with E-state index in [1.54, 1.807) is 25.5 Å². The van der Waals surface area contributed by atoms with Gasteiger partial charge < -0.3 is 18.9 Å². The lowest BCUT2D eigenvalue weighted by molar-refractivity contribution is -0.139. The Balaban J connectivity index is 1.46. The van der Waals surface area contributed by atoms with Gasteiger partial charge in [-0.05, 0) is 86.9 Å². The van der Waals surface area contributed by atoms with Crippen molar-refractivity contribution in [3.63, 3.8) is 0 Å². The first-order valence-corrected chi connectivity index (χ1v) is 14.9. The second-order valence-corrected chi connectivity index (χ2v) is 11.3. The van der Waals surface area contributed by atoms with Crippen LogP contribution >= 0.6 is 11.3 Å². The fourth-order valence-electron chi connectivity index (χ4n) is 4.81. The summed E-state index contributed by atoms with van der Waals surface area (Å²) in [4.78, 5) is 32.2. The summed E-state index contributed by atoms with van der Waals surface area (Å²) in [5, 5.41) is 0. The fraction of sp³-hybridized carbons (Fsp3) is 0.265. The Labute approximate surface area is 254 Å². The first-order chi connectivity index (χ1) is 20.8. The van der Waals surface area contributed by atoms with E-state index in [1.165, 1.54) is 11.3 Å². The Morgan fingerprint density at radius 2 is 1.63 bits per heavy atom. The van der Waals surface area contributed by atoms with Crippen LogP contribution in [0.5, 0.6) is 17.2 Å².